The third-order valence-corrected chi connectivity index (χ3v) is 5.98. The Bertz CT molecular complexity index is 1020. The summed E-state index contributed by atoms with van der Waals surface area (Å²) in [7, 11) is 2.10. The van der Waals surface area contributed by atoms with Crippen LogP contribution in [0.2, 0.25) is 0 Å². The van der Waals surface area contributed by atoms with Crippen LogP contribution in [0.1, 0.15) is 35.4 Å². The Balaban J connectivity index is 1.48. The SMILES string of the molecule is CC(Nc1nc(C(=O)NCCC2CN(C)C2)c2sccc2n1)c1cncc(F)c1. The van der Waals surface area contributed by atoms with Crippen LogP contribution < -0.4 is 10.6 Å². The molecule has 0 aliphatic carbocycles. The maximum Gasteiger partial charge on any atom is 0.271 e. The van der Waals surface area contributed by atoms with Crippen LogP contribution in [0.4, 0.5) is 10.3 Å². The van der Waals surface area contributed by atoms with Crippen LogP contribution in [0.15, 0.2) is 29.9 Å². The summed E-state index contributed by atoms with van der Waals surface area (Å²) in [5.74, 6) is 0.377. The van der Waals surface area contributed by atoms with E-state index in [4.69, 9.17) is 0 Å². The molecule has 152 valence electrons. The van der Waals surface area contributed by atoms with Crippen molar-refractivity contribution in [2.75, 3.05) is 32.0 Å². The van der Waals surface area contributed by atoms with Crippen molar-refractivity contribution in [3.8, 4) is 0 Å². The lowest BCUT2D eigenvalue weighted by Crippen LogP contribution is -2.45. The van der Waals surface area contributed by atoms with Crippen molar-refractivity contribution in [2.45, 2.75) is 19.4 Å². The summed E-state index contributed by atoms with van der Waals surface area (Å²) in [6, 6.07) is 3.02. The van der Waals surface area contributed by atoms with E-state index in [0.29, 0.717) is 35.2 Å². The van der Waals surface area contributed by atoms with Gasteiger partial charge in [0.15, 0.2) is 5.69 Å². The Hall–Kier alpha value is -2.65. The van der Waals surface area contributed by atoms with Crippen LogP contribution in [0.25, 0.3) is 10.2 Å². The van der Waals surface area contributed by atoms with Crippen LogP contribution in [0.3, 0.4) is 0 Å². The molecule has 0 bridgehead atoms. The number of pyridine rings is 1. The third kappa shape index (κ3) is 4.51. The lowest BCUT2D eigenvalue weighted by Gasteiger charge is -2.36. The molecule has 1 aliphatic rings. The molecule has 29 heavy (non-hydrogen) atoms. The highest BCUT2D eigenvalue weighted by Gasteiger charge is 2.23. The number of halogens is 1. The van der Waals surface area contributed by atoms with Gasteiger partial charge in [-0.15, -0.1) is 11.3 Å². The Labute approximate surface area is 172 Å². The van der Waals surface area contributed by atoms with Crippen molar-refractivity contribution >= 4 is 33.4 Å². The topological polar surface area (TPSA) is 83.0 Å². The fourth-order valence-corrected chi connectivity index (χ4v) is 4.33. The predicted octanol–water partition coefficient (Wildman–Crippen LogP) is 3.08. The van der Waals surface area contributed by atoms with Crippen molar-refractivity contribution in [3.05, 3.63) is 47.0 Å². The van der Waals surface area contributed by atoms with E-state index >= 15 is 0 Å². The summed E-state index contributed by atoms with van der Waals surface area (Å²) in [6.45, 7) is 4.66. The number of likely N-dealkylation sites (tertiary alicyclic amines) is 1. The number of hydrogen-bond donors (Lipinski definition) is 2. The first-order valence-electron chi connectivity index (χ1n) is 9.58. The molecule has 0 radical (unpaired) electrons. The van der Waals surface area contributed by atoms with Crippen LogP contribution in [-0.2, 0) is 0 Å². The van der Waals surface area contributed by atoms with Gasteiger partial charge >= 0.3 is 0 Å². The number of nitrogens with one attached hydrogen (secondary N) is 2. The second-order valence-corrected chi connectivity index (χ2v) is 8.38. The molecule has 4 rings (SSSR count). The van der Waals surface area contributed by atoms with Crippen molar-refractivity contribution in [1.82, 2.24) is 25.2 Å². The molecule has 2 N–H and O–H groups in total. The van der Waals surface area contributed by atoms with Gasteiger partial charge in [0.05, 0.1) is 22.5 Å². The number of fused-ring (bicyclic) bond motifs is 1. The first-order chi connectivity index (χ1) is 14.0. The lowest BCUT2D eigenvalue weighted by molar-refractivity contribution is 0.0930. The molecule has 9 heteroatoms. The molecule has 1 aliphatic heterocycles. The molecule has 0 aromatic carbocycles. The number of nitrogens with zero attached hydrogens (tertiary/aromatic N) is 4. The Morgan fingerprint density at radius 3 is 2.97 bits per heavy atom. The smallest absolute Gasteiger partial charge is 0.271 e. The van der Waals surface area contributed by atoms with E-state index in [9.17, 15) is 9.18 Å². The van der Waals surface area contributed by atoms with Crippen LogP contribution in [0.5, 0.6) is 0 Å². The predicted molar refractivity (Wildman–Crippen MR) is 112 cm³/mol. The first kappa shape index (κ1) is 19.7. The first-order valence-corrected chi connectivity index (χ1v) is 10.5. The molecular formula is C20H23FN6OS. The van der Waals surface area contributed by atoms with Gasteiger partial charge in [0.2, 0.25) is 5.95 Å². The van der Waals surface area contributed by atoms with E-state index in [1.54, 1.807) is 6.20 Å². The standard InChI is InChI=1S/C20H23FN6OS/c1-12(14-7-15(21)9-22-8-14)24-20-25-16-4-6-29-18(16)17(26-20)19(28)23-5-3-13-10-27(2)11-13/h4,6-9,12-13H,3,5,10-11H2,1-2H3,(H,23,28)(H,24,25,26). The fraction of sp³-hybridized carbons (Fsp3) is 0.400. The summed E-state index contributed by atoms with van der Waals surface area (Å²) in [5, 5.41) is 8.03. The zero-order valence-corrected chi connectivity index (χ0v) is 17.2. The number of aromatic nitrogens is 3. The van der Waals surface area contributed by atoms with Gasteiger partial charge in [0.25, 0.3) is 5.91 Å². The summed E-state index contributed by atoms with van der Waals surface area (Å²) in [5.41, 5.74) is 1.75. The molecule has 1 unspecified atom stereocenters. The minimum absolute atomic E-state index is 0.198. The molecule has 7 nitrogen and oxygen atoms in total. The third-order valence-electron chi connectivity index (χ3n) is 5.07. The zero-order valence-electron chi connectivity index (χ0n) is 16.4. The van der Waals surface area contributed by atoms with E-state index < -0.39 is 5.82 Å². The number of rotatable bonds is 7. The number of anilines is 1. The van der Waals surface area contributed by atoms with Crippen molar-refractivity contribution in [1.29, 1.82) is 0 Å². The molecule has 1 fully saturated rings. The van der Waals surface area contributed by atoms with Gasteiger partial charge in [0.1, 0.15) is 5.82 Å². The van der Waals surface area contributed by atoms with Gasteiger partial charge in [0, 0.05) is 25.8 Å². The zero-order chi connectivity index (χ0) is 20.4. The van der Waals surface area contributed by atoms with E-state index in [1.807, 2.05) is 18.4 Å². The van der Waals surface area contributed by atoms with Gasteiger partial charge in [-0.05, 0) is 49.4 Å². The number of thiophene rings is 1. The summed E-state index contributed by atoms with van der Waals surface area (Å²) >= 11 is 1.44. The Morgan fingerprint density at radius 1 is 1.38 bits per heavy atom. The maximum absolute atomic E-state index is 13.5. The normalized spacial score (nSPS) is 15.8. The Morgan fingerprint density at radius 2 is 2.21 bits per heavy atom. The highest BCUT2D eigenvalue weighted by molar-refractivity contribution is 7.17. The maximum atomic E-state index is 13.5. The van der Waals surface area contributed by atoms with Gasteiger partial charge in [-0.25, -0.2) is 14.4 Å². The van der Waals surface area contributed by atoms with Gasteiger partial charge in [-0.1, -0.05) is 0 Å². The van der Waals surface area contributed by atoms with E-state index in [-0.39, 0.29) is 11.9 Å². The van der Waals surface area contributed by atoms with E-state index in [2.05, 4.69) is 37.5 Å². The van der Waals surface area contributed by atoms with Crippen molar-refractivity contribution in [2.24, 2.45) is 5.92 Å². The minimum Gasteiger partial charge on any atom is -0.351 e. The molecule has 1 atom stereocenters. The van der Waals surface area contributed by atoms with E-state index in [1.165, 1.54) is 17.4 Å². The van der Waals surface area contributed by atoms with Crippen molar-refractivity contribution in [3.63, 3.8) is 0 Å². The second kappa shape index (κ2) is 8.38. The summed E-state index contributed by atoms with van der Waals surface area (Å²) < 4.78 is 14.2. The molecule has 3 aromatic heterocycles. The average Bonchev–Trinajstić information content (AvgIpc) is 3.14. The van der Waals surface area contributed by atoms with Crippen LogP contribution >= 0.6 is 11.3 Å². The second-order valence-electron chi connectivity index (χ2n) is 7.47. The molecule has 1 saturated heterocycles. The summed E-state index contributed by atoms with van der Waals surface area (Å²) in [6.07, 6.45) is 3.72. The minimum atomic E-state index is -0.400. The number of carbonyl (C=O) groups is 1. The largest absolute Gasteiger partial charge is 0.351 e. The fourth-order valence-electron chi connectivity index (χ4n) is 3.51. The summed E-state index contributed by atoms with van der Waals surface area (Å²) in [4.78, 5) is 27.9. The number of carbonyl (C=O) groups excluding carboxylic acids is 1. The average molecular weight is 415 g/mol. The van der Waals surface area contributed by atoms with E-state index in [0.717, 1.165) is 30.4 Å². The van der Waals surface area contributed by atoms with Crippen LogP contribution in [0, 0.1) is 11.7 Å². The molecule has 1 amide bonds. The van der Waals surface area contributed by atoms with Crippen LogP contribution in [-0.4, -0.2) is 52.4 Å². The van der Waals surface area contributed by atoms with Gasteiger partial charge < -0.3 is 15.5 Å². The number of amides is 1. The van der Waals surface area contributed by atoms with Gasteiger partial charge in [-0.3, -0.25) is 9.78 Å². The lowest BCUT2D eigenvalue weighted by atomic mass is 9.97. The Kier molecular flexibility index (Phi) is 5.68. The highest BCUT2D eigenvalue weighted by Crippen LogP contribution is 2.25. The molecule has 4 heterocycles. The molecule has 3 aromatic rings. The molecule has 0 spiro atoms. The monoisotopic (exact) mass is 414 g/mol. The highest BCUT2D eigenvalue weighted by atomic mass is 32.1. The van der Waals surface area contributed by atoms with Crippen molar-refractivity contribution < 1.29 is 9.18 Å². The number of hydrogen-bond acceptors (Lipinski definition) is 7. The quantitative estimate of drug-likeness (QED) is 0.618. The molecular weight excluding hydrogens is 391 g/mol. The van der Waals surface area contributed by atoms with Gasteiger partial charge in [-0.2, -0.15) is 0 Å². The molecule has 0 saturated carbocycles.